The van der Waals surface area contributed by atoms with E-state index in [1.54, 1.807) is 23.1 Å². The second kappa shape index (κ2) is 11.0. The van der Waals surface area contributed by atoms with Crippen LogP contribution in [0.15, 0.2) is 67.1 Å². The van der Waals surface area contributed by atoms with Gasteiger partial charge in [-0.1, -0.05) is 29.8 Å². The number of aromatic nitrogens is 4. The third-order valence-electron chi connectivity index (χ3n) is 6.43. The lowest BCUT2D eigenvalue weighted by Crippen LogP contribution is -2.38. The number of nitrogens with zero attached hydrogens (tertiary/aromatic N) is 5. The quantitative estimate of drug-likeness (QED) is 0.383. The molecule has 194 valence electrons. The average Bonchev–Trinajstić information content (AvgIpc) is 3.44. The third-order valence-corrected chi connectivity index (χ3v) is 6.64. The number of ether oxygens (including phenoxy) is 1. The molecule has 5 rings (SSSR count). The predicted molar refractivity (Wildman–Crippen MR) is 139 cm³/mol. The number of piperidine rings is 1. The van der Waals surface area contributed by atoms with Crippen molar-refractivity contribution in [2.24, 2.45) is 0 Å². The fourth-order valence-corrected chi connectivity index (χ4v) is 4.62. The summed E-state index contributed by atoms with van der Waals surface area (Å²) < 4.78 is 20.0. The topological polar surface area (TPSA) is 102 Å². The summed E-state index contributed by atoms with van der Waals surface area (Å²) in [4.78, 5) is 35.5. The second-order valence-corrected chi connectivity index (χ2v) is 9.28. The Morgan fingerprint density at radius 2 is 1.84 bits per heavy atom. The first-order chi connectivity index (χ1) is 18.4. The lowest BCUT2D eigenvalue weighted by molar-refractivity contribution is 0.0708. The summed E-state index contributed by atoms with van der Waals surface area (Å²) in [6, 6.07) is 15.1. The third kappa shape index (κ3) is 5.50. The van der Waals surface area contributed by atoms with Gasteiger partial charge in [-0.2, -0.15) is 0 Å². The molecular weight excluding hydrogens is 511 g/mol. The number of halogens is 2. The van der Waals surface area contributed by atoms with E-state index in [0.717, 1.165) is 18.4 Å². The van der Waals surface area contributed by atoms with Crippen molar-refractivity contribution < 1.29 is 18.7 Å². The van der Waals surface area contributed by atoms with Gasteiger partial charge in [-0.15, -0.1) is 5.10 Å². The van der Waals surface area contributed by atoms with Gasteiger partial charge in [0.2, 0.25) is 11.7 Å². The van der Waals surface area contributed by atoms with E-state index in [2.05, 4.69) is 20.4 Å². The maximum atomic E-state index is 13.5. The highest BCUT2D eigenvalue weighted by Gasteiger charge is 2.27. The number of benzene rings is 2. The standard InChI is InChI=1S/C27H24ClFN6O3/c1-38-26-23(13-19(28)15-30-26)27(37)34-11-9-18(10-12-34)17-5-7-21(8-6-17)32-25(36)24-31-16-35(33-24)22-4-2-3-20(29)14-22/h2-8,13-16,18H,9-12H2,1H3,(H,32,36). The molecule has 2 aromatic carbocycles. The first-order valence-corrected chi connectivity index (χ1v) is 12.4. The van der Waals surface area contributed by atoms with Crippen LogP contribution >= 0.6 is 11.6 Å². The van der Waals surface area contributed by atoms with Gasteiger partial charge < -0.3 is 15.0 Å². The van der Waals surface area contributed by atoms with Crippen LogP contribution in [0.1, 0.15) is 45.3 Å². The van der Waals surface area contributed by atoms with Crippen LogP contribution in [0.3, 0.4) is 0 Å². The highest BCUT2D eigenvalue weighted by molar-refractivity contribution is 6.30. The molecule has 0 unspecified atom stereocenters. The van der Waals surface area contributed by atoms with Crippen LogP contribution in [-0.2, 0) is 0 Å². The highest BCUT2D eigenvalue weighted by Crippen LogP contribution is 2.31. The maximum Gasteiger partial charge on any atom is 0.295 e. The molecule has 0 radical (unpaired) electrons. The number of amides is 2. The molecule has 3 heterocycles. The molecule has 1 N–H and O–H groups in total. The van der Waals surface area contributed by atoms with Crippen LogP contribution < -0.4 is 10.1 Å². The minimum atomic E-state index is -0.467. The SMILES string of the molecule is COc1ncc(Cl)cc1C(=O)N1CCC(c2ccc(NC(=O)c3ncn(-c4cccc(F)c4)n3)cc2)CC1. The van der Waals surface area contributed by atoms with Crippen LogP contribution in [-0.4, -0.2) is 56.7 Å². The van der Waals surface area contributed by atoms with Gasteiger partial charge in [-0.3, -0.25) is 9.59 Å². The van der Waals surface area contributed by atoms with Crippen LogP contribution in [0.2, 0.25) is 5.02 Å². The molecule has 2 amide bonds. The van der Waals surface area contributed by atoms with Crippen molar-refractivity contribution in [2.75, 3.05) is 25.5 Å². The van der Waals surface area contributed by atoms with Crippen LogP contribution in [0.4, 0.5) is 10.1 Å². The Morgan fingerprint density at radius 3 is 2.55 bits per heavy atom. The minimum Gasteiger partial charge on any atom is -0.480 e. The van der Waals surface area contributed by atoms with Crippen LogP contribution in [0.5, 0.6) is 5.88 Å². The molecule has 0 atom stereocenters. The van der Waals surface area contributed by atoms with E-state index in [0.29, 0.717) is 35.1 Å². The Labute approximate surface area is 223 Å². The van der Waals surface area contributed by atoms with E-state index in [1.807, 2.05) is 24.3 Å². The molecule has 0 aliphatic carbocycles. The summed E-state index contributed by atoms with van der Waals surface area (Å²) >= 11 is 6.04. The van der Waals surface area contributed by atoms with Crippen molar-refractivity contribution in [3.8, 4) is 11.6 Å². The lowest BCUT2D eigenvalue weighted by atomic mass is 9.89. The normalized spacial score (nSPS) is 13.8. The molecule has 1 saturated heterocycles. The largest absolute Gasteiger partial charge is 0.480 e. The number of anilines is 1. The minimum absolute atomic E-state index is 0.0260. The molecular formula is C27H24ClFN6O3. The smallest absolute Gasteiger partial charge is 0.295 e. The molecule has 0 saturated carbocycles. The average molecular weight is 535 g/mol. The number of nitrogens with one attached hydrogen (secondary N) is 1. The number of carbonyl (C=O) groups excluding carboxylic acids is 2. The van der Waals surface area contributed by atoms with Gasteiger partial charge in [0.05, 0.1) is 17.8 Å². The molecule has 38 heavy (non-hydrogen) atoms. The lowest BCUT2D eigenvalue weighted by Gasteiger charge is -2.32. The highest BCUT2D eigenvalue weighted by atomic mass is 35.5. The fraction of sp³-hybridized carbons (Fsp3) is 0.222. The van der Waals surface area contributed by atoms with Gasteiger partial charge in [0, 0.05) is 25.0 Å². The van der Waals surface area contributed by atoms with Gasteiger partial charge >= 0.3 is 0 Å². The molecule has 2 aromatic heterocycles. The zero-order valence-corrected chi connectivity index (χ0v) is 21.2. The van der Waals surface area contributed by atoms with Crippen molar-refractivity contribution in [3.05, 3.63) is 94.9 Å². The molecule has 0 bridgehead atoms. The van der Waals surface area contributed by atoms with E-state index in [9.17, 15) is 14.0 Å². The van der Waals surface area contributed by atoms with Gasteiger partial charge in [-0.25, -0.2) is 19.0 Å². The molecule has 4 aromatic rings. The number of rotatable bonds is 6. The Bertz CT molecular complexity index is 1470. The number of likely N-dealkylation sites (tertiary alicyclic amines) is 1. The van der Waals surface area contributed by atoms with Gasteiger partial charge in [0.15, 0.2) is 0 Å². The summed E-state index contributed by atoms with van der Waals surface area (Å²) in [7, 11) is 1.47. The number of pyridine rings is 1. The Hall–Kier alpha value is -4.31. The Kier molecular flexibility index (Phi) is 7.32. The molecule has 11 heteroatoms. The summed E-state index contributed by atoms with van der Waals surface area (Å²) in [5.41, 5.74) is 2.56. The Balaban J connectivity index is 1.18. The van der Waals surface area contributed by atoms with Crippen molar-refractivity contribution in [2.45, 2.75) is 18.8 Å². The van der Waals surface area contributed by atoms with E-state index in [-0.39, 0.29) is 23.5 Å². The second-order valence-electron chi connectivity index (χ2n) is 8.85. The summed E-state index contributed by atoms with van der Waals surface area (Å²) in [5, 5.41) is 7.31. The predicted octanol–water partition coefficient (Wildman–Crippen LogP) is 4.74. The first kappa shape index (κ1) is 25.3. The molecule has 9 nitrogen and oxygen atoms in total. The number of hydrogen-bond acceptors (Lipinski definition) is 6. The summed E-state index contributed by atoms with van der Waals surface area (Å²) in [6.45, 7) is 1.19. The first-order valence-electron chi connectivity index (χ1n) is 12.0. The number of hydrogen-bond donors (Lipinski definition) is 1. The van der Waals surface area contributed by atoms with Gasteiger partial charge in [-0.05, 0) is 60.7 Å². The molecule has 1 aliphatic rings. The van der Waals surface area contributed by atoms with E-state index in [1.165, 1.54) is 36.4 Å². The van der Waals surface area contributed by atoms with Crippen molar-refractivity contribution in [1.82, 2.24) is 24.6 Å². The number of methoxy groups -OCH3 is 1. The van der Waals surface area contributed by atoms with Crippen LogP contribution in [0, 0.1) is 5.82 Å². The summed E-state index contributed by atoms with van der Waals surface area (Å²) in [5.74, 6) is -0.503. The molecule has 1 fully saturated rings. The van der Waals surface area contributed by atoms with Crippen molar-refractivity contribution in [3.63, 3.8) is 0 Å². The van der Waals surface area contributed by atoms with E-state index < -0.39 is 11.7 Å². The summed E-state index contributed by atoms with van der Waals surface area (Å²) in [6.07, 6.45) is 4.42. The van der Waals surface area contributed by atoms with Crippen LogP contribution in [0.25, 0.3) is 5.69 Å². The molecule has 1 aliphatic heterocycles. The Morgan fingerprint density at radius 1 is 1.08 bits per heavy atom. The van der Waals surface area contributed by atoms with Gasteiger partial charge in [0.1, 0.15) is 17.7 Å². The van der Waals surface area contributed by atoms with Crippen molar-refractivity contribution in [1.29, 1.82) is 0 Å². The number of carbonyl (C=O) groups is 2. The van der Waals surface area contributed by atoms with Gasteiger partial charge in [0.25, 0.3) is 11.8 Å². The van der Waals surface area contributed by atoms with E-state index >= 15 is 0 Å². The maximum absolute atomic E-state index is 13.5. The zero-order chi connectivity index (χ0) is 26.6. The monoisotopic (exact) mass is 534 g/mol. The zero-order valence-electron chi connectivity index (χ0n) is 20.5. The molecule has 0 spiro atoms. The van der Waals surface area contributed by atoms with E-state index in [4.69, 9.17) is 16.3 Å². The van der Waals surface area contributed by atoms with Crippen molar-refractivity contribution >= 4 is 29.1 Å². The fourth-order valence-electron chi connectivity index (χ4n) is 4.46.